The molecule has 0 saturated carbocycles. The largest absolute Gasteiger partial charge is 0.493 e. The molecule has 3 aromatic rings. The van der Waals surface area contributed by atoms with Gasteiger partial charge in [0, 0.05) is 11.3 Å². The third-order valence-corrected chi connectivity index (χ3v) is 4.67. The fourth-order valence-electron chi connectivity index (χ4n) is 3.15. The van der Waals surface area contributed by atoms with Crippen molar-refractivity contribution < 1.29 is 14.3 Å². The van der Waals surface area contributed by atoms with Crippen molar-refractivity contribution in [2.75, 3.05) is 12.4 Å². The van der Waals surface area contributed by atoms with Crippen molar-refractivity contribution in [1.82, 2.24) is 0 Å². The summed E-state index contributed by atoms with van der Waals surface area (Å²) in [5.74, 6) is 0.653. The van der Waals surface area contributed by atoms with Crippen LogP contribution in [0.25, 0.3) is 6.08 Å². The molecule has 0 unspecified atom stereocenters. The topological polar surface area (TPSA) is 71.4 Å². The summed E-state index contributed by atoms with van der Waals surface area (Å²) in [6.45, 7) is 4.21. The Bertz CT molecular complexity index is 1150. The maximum atomic E-state index is 12.6. The number of nitrogens with one attached hydrogen (secondary N) is 1. The van der Waals surface area contributed by atoms with E-state index in [1.54, 1.807) is 31.4 Å². The number of nitrogens with zero attached hydrogens (tertiary/aromatic N) is 1. The first-order valence-corrected chi connectivity index (χ1v) is 10.1. The molecule has 0 aliphatic heterocycles. The van der Waals surface area contributed by atoms with Crippen LogP contribution in [0.3, 0.4) is 0 Å². The van der Waals surface area contributed by atoms with Crippen molar-refractivity contribution in [1.29, 1.82) is 5.26 Å². The molecular weight excluding hydrogens is 400 g/mol. The van der Waals surface area contributed by atoms with Crippen LogP contribution in [0.4, 0.5) is 5.69 Å². The van der Waals surface area contributed by atoms with E-state index in [1.165, 1.54) is 6.08 Å². The molecule has 0 saturated heterocycles. The number of allylic oxidation sites excluding steroid dienone is 1. The van der Waals surface area contributed by atoms with Crippen LogP contribution in [-0.4, -0.2) is 13.0 Å². The van der Waals surface area contributed by atoms with E-state index < -0.39 is 5.91 Å². The Hall–Kier alpha value is -4.30. The third kappa shape index (κ3) is 5.87. The Labute approximate surface area is 188 Å². The molecular formula is C27H24N2O3. The predicted molar refractivity (Wildman–Crippen MR) is 126 cm³/mol. The van der Waals surface area contributed by atoms with E-state index in [-0.39, 0.29) is 5.57 Å². The Morgan fingerprint density at radius 1 is 1.09 bits per heavy atom. The summed E-state index contributed by atoms with van der Waals surface area (Å²) >= 11 is 0. The Morgan fingerprint density at radius 2 is 1.78 bits per heavy atom. The van der Waals surface area contributed by atoms with Crippen molar-refractivity contribution in [2.24, 2.45) is 0 Å². The van der Waals surface area contributed by atoms with Gasteiger partial charge in [0.2, 0.25) is 0 Å². The summed E-state index contributed by atoms with van der Waals surface area (Å²) in [7, 11) is 1.56. The smallest absolute Gasteiger partial charge is 0.266 e. The molecule has 0 radical (unpaired) electrons. The second-order valence-corrected chi connectivity index (χ2v) is 6.97. The minimum absolute atomic E-state index is 0.0154. The minimum Gasteiger partial charge on any atom is -0.493 e. The van der Waals surface area contributed by atoms with Gasteiger partial charge in [0.15, 0.2) is 11.5 Å². The molecule has 3 aromatic carbocycles. The molecule has 0 atom stereocenters. The predicted octanol–water partition coefficient (Wildman–Crippen LogP) is 5.55. The number of hydrogen-bond acceptors (Lipinski definition) is 4. The van der Waals surface area contributed by atoms with E-state index in [9.17, 15) is 10.1 Å². The lowest BCUT2D eigenvalue weighted by Crippen LogP contribution is -2.13. The van der Waals surface area contributed by atoms with E-state index in [1.807, 2.05) is 60.7 Å². The van der Waals surface area contributed by atoms with Gasteiger partial charge in [-0.15, -0.1) is 6.58 Å². The van der Waals surface area contributed by atoms with Gasteiger partial charge in [0.05, 0.1) is 7.11 Å². The minimum atomic E-state index is -0.479. The lowest BCUT2D eigenvalue weighted by molar-refractivity contribution is -0.112. The molecule has 0 spiro atoms. The van der Waals surface area contributed by atoms with Gasteiger partial charge in [-0.2, -0.15) is 5.26 Å². The van der Waals surface area contributed by atoms with Crippen LogP contribution in [0.15, 0.2) is 91.0 Å². The molecule has 160 valence electrons. The number of para-hydroxylation sites is 1. The molecule has 3 rings (SSSR count). The Kier molecular flexibility index (Phi) is 7.83. The average molecular weight is 425 g/mol. The molecule has 0 aliphatic carbocycles. The number of carbonyl (C=O) groups is 1. The maximum Gasteiger partial charge on any atom is 0.266 e. The molecule has 0 aliphatic rings. The number of carbonyl (C=O) groups excluding carboxylic acids is 1. The molecule has 0 heterocycles. The van der Waals surface area contributed by atoms with Gasteiger partial charge in [0.25, 0.3) is 5.91 Å². The van der Waals surface area contributed by atoms with Crippen molar-refractivity contribution in [3.8, 4) is 17.6 Å². The zero-order chi connectivity index (χ0) is 22.8. The quantitative estimate of drug-likeness (QED) is 0.278. The van der Waals surface area contributed by atoms with Gasteiger partial charge in [-0.25, -0.2) is 0 Å². The number of nitriles is 1. The van der Waals surface area contributed by atoms with Gasteiger partial charge >= 0.3 is 0 Å². The third-order valence-electron chi connectivity index (χ3n) is 4.67. The van der Waals surface area contributed by atoms with Crippen LogP contribution in [0.5, 0.6) is 11.5 Å². The first-order valence-electron chi connectivity index (χ1n) is 10.1. The number of benzene rings is 3. The van der Waals surface area contributed by atoms with Gasteiger partial charge in [-0.1, -0.05) is 54.6 Å². The summed E-state index contributed by atoms with van der Waals surface area (Å²) < 4.78 is 11.6. The molecule has 32 heavy (non-hydrogen) atoms. The normalized spacial score (nSPS) is 10.7. The van der Waals surface area contributed by atoms with Crippen molar-refractivity contribution in [2.45, 2.75) is 13.0 Å². The molecule has 5 nitrogen and oxygen atoms in total. The Balaban J connectivity index is 1.90. The average Bonchev–Trinajstić information content (AvgIpc) is 2.83. The number of ether oxygens (including phenoxy) is 2. The van der Waals surface area contributed by atoms with E-state index in [2.05, 4.69) is 11.9 Å². The monoisotopic (exact) mass is 424 g/mol. The summed E-state index contributed by atoms with van der Waals surface area (Å²) in [5, 5.41) is 12.3. The van der Waals surface area contributed by atoms with Crippen molar-refractivity contribution in [3.05, 3.63) is 108 Å². The lowest BCUT2D eigenvalue weighted by Gasteiger charge is -2.16. The molecule has 1 amide bonds. The van der Waals surface area contributed by atoms with E-state index in [0.717, 1.165) is 11.1 Å². The Morgan fingerprint density at radius 3 is 2.41 bits per heavy atom. The van der Waals surface area contributed by atoms with Crippen LogP contribution in [0.2, 0.25) is 0 Å². The van der Waals surface area contributed by atoms with Crippen LogP contribution < -0.4 is 14.8 Å². The van der Waals surface area contributed by atoms with E-state index in [4.69, 9.17) is 9.47 Å². The summed E-state index contributed by atoms with van der Waals surface area (Å²) in [5.41, 5.74) is 3.15. The number of anilines is 1. The highest BCUT2D eigenvalue weighted by Gasteiger charge is 2.15. The maximum absolute atomic E-state index is 12.6. The van der Waals surface area contributed by atoms with Gasteiger partial charge in [0.1, 0.15) is 18.2 Å². The van der Waals surface area contributed by atoms with Crippen LogP contribution in [-0.2, 0) is 17.8 Å². The second-order valence-electron chi connectivity index (χ2n) is 6.97. The van der Waals surface area contributed by atoms with Crippen LogP contribution in [0.1, 0.15) is 16.7 Å². The first-order chi connectivity index (χ1) is 15.6. The standard InChI is InChI=1S/C27H24N2O3/c1-3-10-22-15-21(16-23(18-28)27(30)29-24-13-8-5-9-14-24)17-25(31-2)26(22)32-19-20-11-6-4-7-12-20/h3-9,11-17H,1,10,19H2,2H3,(H,29,30)/b23-16-. The van der Waals surface area contributed by atoms with E-state index in [0.29, 0.717) is 35.8 Å². The highest BCUT2D eigenvalue weighted by atomic mass is 16.5. The lowest BCUT2D eigenvalue weighted by atomic mass is 10.0. The van der Waals surface area contributed by atoms with Crippen LogP contribution >= 0.6 is 0 Å². The SMILES string of the molecule is C=CCc1cc(/C=C(/C#N)C(=O)Nc2ccccc2)cc(OC)c1OCc1ccccc1. The number of hydrogen-bond donors (Lipinski definition) is 1. The second kappa shape index (κ2) is 11.2. The fourth-order valence-corrected chi connectivity index (χ4v) is 3.15. The molecule has 0 fully saturated rings. The highest BCUT2D eigenvalue weighted by molar-refractivity contribution is 6.09. The van der Waals surface area contributed by atoms with Gasteiger partial charge in [-0.05, 0) is 47.9 Å². The molecule has 1 N–H and O–H groups in total. The number of methoxy groups -OCH3 is 1. The molecule has 0 aromatic heterocycles. The number of rotatable bonds is 9. The summed E-state index contributed by atoms with van der Waals surface area (Å²) in [4.78, 5) is 12.6. The number of amides is 1. The van der Waals surface area contributed by atoms with Crippen molar-refractivity contribution >= 4 is 17.7 Å². The summed E-state index contributed by atoms with van der Waals surface area (Å²) in [6.07, 6.45) is 3.85. The van der Waals surface area contributed by atoms with Gasteiger partial charge < -0.3 is 14.8 Å². The molecule has 0 bridgehead atoms. The fraction of sp³-hybridized carbons (Fsp3) is 0.111. The molecule has 5 heteroatoms. The zero-order valence-corrected chi connectivity index (χ0v) is 17.9. The van der Waals surface area contributed by atoms with E-state index >= 15 is 0 Å². The van der Waals surface area contributed by atoms with Crippen LogP contribution in [0, 0.1) is 11.3 Å². The summed E-state index contributed by atoms with van der Waals surface area (Å²) in [6, 6.07) is 24.4. The first kappa shape index (κ1) is 22.4. The van der Waals surface area contributed by atoms with Gasteiger partial charge in [-0.3, -0.25) is 4.79 Å². The zero-order valence-electron chi connectivity index (χ0n) is 17.9. The highest BCUT2D eigenvalue weighted by Crippen LogP contribution is 2.35. The van der Waals surface area contributed by atoms with Crippen molar-refractivity contribution in [3.63, 3.8) is 0 Å².